The van der Waals surface area contributed by atoms with Crippen LogP contribution in [-0.4, -0.2) is 44.8 Å². The van der Waals surface area contributed by atoms with E-state index in [1.165, 1.54) is 0 Å². The minimum Gasteiger partial charge on any atom is -0.486 e. The van der Waals surface area contributed by atoms with Gasteiger partial charge in [0.05, 0.1) is 11.8 Å². The molecule has 1 atom stereocenters. The predicted molar refractivity (Wildman–Crippen MR) is 85.2 cm³/mol. The lowest BCUT2D eigenvalue weighted by Crippen LogP contribution is -2.35. The first-order valence-corrected chi connectivity index (χ1v) is 8.63. The zero-order chi connectivity index (χ0) is 15.4. The SMILES string of the molecule is CSc1cc2c(cc1NC(=O)NC[C@H]1CCCO1)OCCO2. The zero-order valence-corrected chi connectivity index (χ0v) is 13.3. The van der Waals surface area contributed by atoms with E-state index in [0.717, 1.165) is 35.8 Å². The zero-order valence-electron chi connectivity index (χ0n) is 12.5. The number of hydrogen-bond donors (Lipinski definition) is 2. The fraction of sp³-hybridized carbons (Fsp3) is 0.533. The smallest absolute Gasteiger partial charge is 0.319 e. The Morgan fingerprint density at radius 3 is 2.73 bits per heavy atom. The van der Waals surface area contributed by atoms with Crippen molar-refractivity contribution in [1.82, 2.24) is 5.32 Å². The molecule has 1 saturated heterocycles. The van der Waals surface area contributed by atoms with Crippen LogP contribution in [0.3, 0.4) is 0 Å². The minimum atomic E-state index is -0.234. The van der Waals surface area contributed by atoms with Crippen molar-refractivity contribution in [3.8, 4) is 11.5 Å². The molecule has 0 aromatic heterocycles. The molecular formula is C15H20N2O4S. The average molecular weight is 324 g/mol. The summed E-state index contributed by atoms with van der Waals surface area (Å²) < 4.78 is 16.6. The van der Waals surface area contributed by atoms with Crippen molar-refractivity contribution in [2.45, 2.75) is 23.8 Å². The van der Waals surface area contributed by atoms with E-state index in [9.17, 15) is 4.79 Å². The lowest BCUT2D eigenvalue weighted by molar-refractivity contribution is 0.112. The molecule has 0 unspecified atom stereocenters. The van der Waals surface area contributed by atoms with Crippen LogP contribution in [0.15, 0.2) is 17.0 Å². The van der Waals surface area contributed by atoms with Crippen LogP contribution in [0.5, 0.6) is 11.5 Å². The van der Waals surface area contributed by atoms with Crippen molar-refractivity contribution < 1.29 is 19.0 Å². The van der Waals surface area contributed by atoms with Gasteiger partial charge < -0.3 is 24.8 Å². The van der Waals surface area contributed by atoms with Gasteiger partial charge in [-0.15, -0.1) is 11.8 Å². The van der Waals surface area contributed by atoms with Gasteiger partial charge in [0.2, 0.25) is 0 Å². The van der Waals surface area contributed by atoms with Gasteiger partial charge in [0.1, 0.15) is 13.2 Å². The topological polar surface area (TPSA) is 68.8 Å². The van der Waals surface area contributed by atoms with Crippen LogP contribution in [0.2, 0.25) is 0 Å². The van der Waals surface area contributed by atoms with E-state index in [4.69, 9.17) is 14.2 Å². The minimum absolute atomic E-state index is 0.131. The van der Waals surface area contributed by atoms with Crippen LogP contribution in [0, 0.1) is 0 Å². The lowest BCUT2D eigenvalue weighted by Gasteiger charge is -2.21. The number of benzene rings is 1. The summed E-state index contributed by atoms with van der Waals surface area (Å²) in [5.41, 5.74) is 0.724. The second kappa shape index (κ2) is 7.11. The molecule has 0 saturated carbocycles. The number of anilines is 1. The standard InChI is InChI=1S/C15H20N2O4S/c1-22-14-8-13-12(20-5-6-21-13)7-11(14)17-15(18)16-9-10-3-2-4-19-10/h7-8,10H,2-6,9H2,1H3,(H2,16,17,18)/t10-/m1/s1. The Kier molecular flexibility index (Phi) is 4.94. The quantitative estimate of drug-likeness (QED) is 0.833. The Morgan fingerprint density at radius 2 is 2.05 bits per heavy atom. The number of carbonyl (C=O) groups is 1. The molecule has 2 aliphatic rings. The lowest BCUT2D eigenvalue weighted by atomic mass is 10.2. The normalized spacial score (nSPS) is 19.8. The van der Waals surface area contributed by atoms with Crippen molar-refractivity contribution in [3.05, 3.63) is 12.1 Å². The maximum atomic E-state index is 12.0. The summed E-state index contributed by atoms with van der Waals surface area (Å²) in [5.74, 6) is 1.39. The maximum Gasteiger partial charge on any atom is 0.319 e. The molecule has 0 aliphatic carbocycles. The third-order valence-corrected chi connectivity index (χ3v) is 4.40. The molecule has 2 aliphatic heterocycles. The highest BCUT2D eigenvalue weighted by molar-refractivity contribution is 7.98. The molecule has 120 valence electrons. The molecule has 1 aromatic rings. The van der Waals surface area contributed by atoms with E-state index in [-0.39, 0.29) is 12.1 Å². The van der Waals surface area contributed by atoms with E-state index in [0.29, 0.717) is 25.5 Å². The second-order valence-electron chi connectivity index (χ2n) is 5.17. The average Bonchev–Trinajstić information content (AvgIpc) is 3.05. The first-order chi connectivity index (χ1) is 10.8. The van der Waals surface area contributed by atoms with Gasteiger partial charge in [0.25, 0.3) is 0 Å². The summed E-state index contributed by atoms with van der Waals surface area (Å²) in [7, 11) is 0. The van der Waals surface area contributed by atoms with E-state index < -0.39 is 0 Å². The van der Waals surface area contributed by atoms with Gasteiger partial charge in [-0.3, -0.25) is 0 Å². The Balaban J connectivity index is 1.64. The van der Waals surface area contributed by atoms with Crippen molar-refractivity contribution >= 4 is 23.5 Å². The van der Waals surface area contributed by atoms with Crippen LogP contribution < -0.4 is 20.1 Å². The molecule has 0 bridgehead atoms. The van der Waals surface area contributed by atoms with Gasteiger partial charge in [-0.25, -0.2) is 4.79 Å². The first kappa shape index (κ1) is 15.3. The number of rotatable bonds is 4. The van der Waals surface area contributed by atoms with Gasteiger partial charge >= 0.3 is 6.03 Å². The molecule has 1 fully saturated rings. The summed E-state index contributed by atoms with van der Waals surface area (Å²) in [6.07, 6.45) is 4.15. The summed E-state index contributed by atoms with van der Waals surface area (Å²) >= 11 is 1.55. The number of fused-ring (bicyclic) bond motifs is 1. The van der Waals surface area contributed by atoms with Gasteiger partial charge in [-0.1, -0.05) is 0 Å². The highest BCUT2D eigenvalue weighted by Crippen LogP contribution is 2.39. The Bertz CT molecular complexity index is 547. The van der Waals surface area contributed by atoms with Crippen LogP contribution in [0.25, 0.3) is 0 Å². The number of urea groups is 1. The molecule has 3 rings (SSSR count). The molecule has 1 aromatic carbocycles. The fourth-order valence-corrected chi connectivity index (χ4v) is 3.07. The van der Waals surface area contributed by atoms with Crippen molar-refractivity contribution in [1.29, 1.82) is 0 Å². The van der Waals surface area contributed by atoms with Crippen LogP contribution in [0.1, 0.15) is 12.8 Å². The predicted octanol–water partition coefficient (Wildman–Crippen LogP) is 2.48. The Labute approximate surface area is 133 Å². The highest BCUT2D eigenvalue weighted by atomic mass is 32.2. The van der Waals surface area contributed by atoms with Crippen molar-refractivity contribution in [2.24, 2.45) is 0 Å². The van der Waals surface area contributed by atoms with Gasteiger partial charge in [-0.05, 0) is 25.2 Å². The first-order valence-electron chi connectivity index (χ1n) is 7.40. The summed E-state index contributed by atoms with van der Waals surface area (Å²) in [6, 6.07) is 3.48. The molecule has 22 heavy (non-hydrogen) atoms. The van der Waals surface area contributed by atoms with Crippen LogP contribution in [0.4, 0.5) is 10.5 Å². The number of thioether (sulfide) groups is 1. The van der Waals surface area contributed by atoms with Crippen molar-refractivity contribution in [2.75, 3.05) is 37.9 Å². The largest absolute Gasteiger partial charge is 0.486 e. The molecule has 2 heterocycles. The van der Waals surface area contributed by atoms with E-state index in [2.05, 4.69) is 10.6 Å². The van der Waals surface area contributed by atoms with Crippen LogP contribution >= 0.6 is 11.8 Å². The van der Waals surface area contributed by atoms with Crippen LogP contribution in [-0.2, 0) is 4.74 Å². The summed E-state index contributed by atoms with van der Waals surface area (Å²) in [6.45, 7) is 2.39. The number of nitrogens with one attached hydrogen (secondary N) is 2. The fourth-order valence-electron chi connectivity index (χ4n) is 2.52. The third kappa shape index (κ3) is 3.59. The number of ether oxygens (including phenoxy) is 3. The van der Waals surface area contributed by atoms with Gasteiger partial charge in [0, 0.05) is 24.1 Å². The molecule has 2 N–H and O–H groups in total. The molecule has 0 spiro atoms. The monoisotopic (exact) mass is 324 g/mol. The Hall–Kier alpha value is -1.60. The van der Waals surface area contributed by atoms with Crippen molar-refractivity contribution in [3.63, 3.8) is 0 Å². The number of amides is 2. The summed E-state index contributed by atoms with van der Waals surface area (Å²) in [4.78, 5) is 13.0. The second-order valence-corrected chi connectivity index (χ2v) is 6.01. The number of carbonyl (C=O) groups excluding carboxylic acids is 1. The molecular weight excluding hydrogens is 304 g/mol. The molecule has 0 radical (unpaired) electrons. The number of hydrogen-bond acceptors (Lipinski definition) is 5. The maximum absolute atomic E-state index is 12.0. The summed E-state index contributed by atoms with van der Waals surface area (Å²) in [5, 5.41) is 5.72. The van der Waals surface area contributed by atoms with E-state index in [1.807, 2.05) is 18.4 Å². The molecule has 7 heteroatoms. The third-order valence-electron chi connectivity index (χ3n) is 3.63. The van der Waals surface area contributed by atoms with Gasteiger partial charge in [0.15, 0.2) is 11.5 Å². The Morgan fingerprint density at radius 1 is 1.27 bits per heavy atom. The molecule has 2 amide bonds. The van der Waals surface area contributed by atoms with E-state index in [1.54, 1.807) is 11.8 Å². The van der Waals surface area contributed by atoms with Gasteiger partial charge in [-0.2, -0.15) is 0 Å². The highest BCUT2D eigenvalue weighted by Gasteiger charge is 2.18. The van der Waals surface area contributed by atoms with E-state index >= 15 is 0 Å². The molecule has 6 nitrogen and oxygen atoms in total.